The second-order valence-corrected chi connectivity index (χ2v) is 12.9. The molecule has 0 N–H and O–H groups in total. The number of carbonyl (C=O) groups is 1. The van der Waals surface area contributed by atoms with Crippen molar-refractivity contribution in [2.45, 2.75) is 89.4 Å². The molecule has 124 valence electrons. The van der Waals surface area contributed by atoms with E-state index in [1.807, 2.05) is 25.7 Å². The van der Waals surface area contributed by atoms with Gasteiger partial charge in [-0.15, -0.1) is 0 Å². The topological polar surface area (TPSA) is 62.6 Å². The highest BCUT2D eigenvalue weighted by atomic mass is 28.4. The van der Waals surface area contributed by atoms with Crippen LogP contribution in [0.2, 0.25) is 19.6 Å². The maximum Gasteiger partial charge on any atom is 0.410 e. The van der Waals surface area contributed by atoms with E-state index < -0.39 is 19.5 Å². The molecular weight excluding hydrogens is 296 g/mol. The Morgan fingerprint density at radius 2 is 1.73 bits per heavy atom. The summed E-state index contributed by atoms with van der Waals surface area (Å²) >= 11 is 0. The Morgan fingerprint density at radius 1 is 1.23 bits per heavy atom. The molecule has 2 bridgehead atoms. The van der Waals surface area contributed by atoms with Gasteiger partial charge in [0.05, 0.1) is 6.07 Å². The lowest BCUT2D eigenvalue weighted by Gasteiger charge is -2.45. The van der Waals surface area contributed by atoms with E-state index >= 15 is 0 Å². The number of hydrogen-bond donors (Lipinski definition) is 0. The van der Waals surface area contributed by atoms with Gasteiger partial charge in [0.25, 0.3) is 0 Å². The van der Waals surface area contributed by atoms with Crippen LogP contribution in [0.5, 0.6) is 0 Å². The van der Waals surface area contributed by atoms with Gasteiger partial charge in [0.1, 0.15) is 11.2 Å². The van der Waals surface area contributed by atoms with Gasteiger partial charge >= 0.3 is 6.09 Å². The molecule has 2 aliphatic heterocycles. The van der Waals surface area contributed by atoms with Crippen LogP contribution < -0.4 is 0 Å². The van der Waals surface area contributed by atoms with E-state index in [2.05, 4.69) is 25.7 Å². The van der Waals surface area contributed by atoms with E-state index in [4.69, 9.17) is 9.16 Å². The number of piperidine rings is 1. The number of amides is 1. The molecule has 2 rings (SSSR count). The fourth-order valence-electron chi connectivity index (χ4n) is 3.60. The first-order valence-corrected chi connectivity index (χ1v) is 11.5. The molecule has 2 saturated heterocycles. The third-order valence-corrected chi connectivity index (χ3v) is 5.06. The van der Waals surface area contributed by atoms with Crippen LogP contribution >= 0.6 is 0 Å². The zero-order valence-corrected chi connectivity index (χ0v) is 15.6. The molecule has 2 heterocycles. The second-order valence-electron chi connectivity index (χ2n) is 8.50. The summed E-state index contributed by atoms with van der Waals surface area (Å²) in [5, 5.41) is 9.69. The molecule has 0 radical (unpaired) electrons. The number of carbonyl (C=O) groups excluding carboxylic acids is 1. The number of nitrogens with zero attached hydrogens (tertiary/aromatic N) is 2. The third kappa shape index (κ3) is 3.82. The maximum absolute atomic E-state index is 12.4. The Morgan fingerprint density at radius 3 is 2.09 bits per heavy atom. The van der Waals surface area contributed by atoms with Gasteiger partial charge in [-0.3, -0.25) is 0 Å². The Kier molecular flexibility index (Phi) is 4.35. The van der Waals surface area contributed by atoms with Crippen molar-refractivity contribution in [2.24, 2.45) is 0 Å². The zero-order valence-electron chi connectivity index (χ0n) is 14.6. The average molecular weight is 324 g/mol. The van der Waals surface area contributed by atoms with Gasteiger partial charge < -0.3 is 14.1 Å². The van der Waals surface area contributed by atoms with Crippen molar-refractivity contribution in [3.63, 3.8) is 0 Å². The van der Waals surface area contributed by atoms with Crippen molar-refractivity contribution in [3.8, 4) is 6.07 Å². The highest BCUT2D eigenvalue weighted by Gasteiger charge is 2.53. The van der Waals surface area contributed by atoms with Gasteiger partial charge in [-0.05, 0) is 53.3 Å². The first-order valence-electron chi connectivity index (χ1n) is 8.07. The van der Waals surface area contributed by atoms with Crippen LogP contribution in [0.25, 0.3) is 0 Å². The van der Waals surface area contributed by atoms with Gasteiger partial charge in [-0.1, -0.05) is 0 Å². The van der Waals surface area contributed by atoms with E-state index in [0.29, 0.717) is 12.8 Å². The molecule has 1 amide bonds. The van der Waals surface area contributed by atoms with Gasteiger partial charge in [0.15, 0.2) is 8.32 Å². The molecule has 2 unspecified atom stereocenters. The summed E-state index contributed by atoms with van der Waals surface area (Å²) in [6, 6.07) is 2.54. The lowest BCUT2D eigenvalue weighted by Crippen LogP contribution is -2.56. The van der Waals surface area contributed by atoms with Crippen molar-refractivity contribution in [3.05, 3.63) is 0 Å². The predicted octanol–water partition coefficient (Wildman–Crippen LogP) is 3.66. The fourth-order valence-corrected chi connectivity index (χ4v) is 4.99. The van der Waals surface area contributed by atoms with Crippen LogP contribution in [-0.4, -0.2) is 42.6 Å². The minimum atomic E-state index is -1.81. The number of rotatable bonds is 2. The number of nitriles is 1. The molecule has 0 aromatic heterocycles. The lowest BCUT2D eigenvalue weighted by molar-refractivity contribution is -0.0253. The monoisotopic (exact) mass is 324 g/mol. The molecule has 22 heavy (non-hydrogen) atoms. The summed E-state index contributed by atoms with van der Waals surface area (Å²) in [4.78, 5) is 14.3. The largest absolute Gasteiger partial charge is 0.444 e. The van der Waals surface area contributed by atoms with Crippen molar-refractivity contribution in [1.82, 2.24) is 4.90 Å². The first kappa shape index (κ1) is 17.3. The van der Waals surface area contributed by atoms with Crippen molar-refractivity contribution in [2.75, 3.05) is 0 Å². The highest BCUT2D eigenvalue weighted by molar-refractivity contribution is 6.69. The molecule has 2 aliphatic rings. The average Bonchev–Trinajstić information content (AvgIpc) is 2.58. The van der Waals surface area contributed by atoms with Crippen molar-refractivity contribution in [1.29, 1.82) is 5.26 Å². The molecule has 0 aromatic carbocycles. The molecule has 5 nitrogen and oxygen atoms in total. The standard InChI is InChI=1S/C16H28N2O3Si/c1-15(2,3)20-14(19)18-12-7-8-13(18)10-16(9-12,11-17)21-22(4,5)6/h12-13H,7-10H2,1-6H3. The van der Waals surface area contributed by atoms with Gasteiger partial charge in [-0.2, -0.15) is 5.26 Å². The quantitative estimate of drug-likeness (QED) is 0.727. The van der Waals surface area contributed by atoms with E-state index in [-0.39, 0.29) is 18.2 Å². The number of hydrogen-bond acceptors (Lipinski definition) is 4. The van der Waals surface area contributed by atoms with E-state index in [0.717, 1.165) is 12.8 Å². The summed E-state index contributed by atoms with van der Waals surface area (Å²) in [6.45, 7) is 12.0. The Bertz CT molecular complexity index is 473. The summed E-state index contributed by atoms with van der Waals surface area (Å²) in [7, 11) is -1.81. The molecular formula is C16H28N2O3Si. The van der Waals surface area contributed by atoms with E-state index in [9.17, 15) is 10.1 Å². The van der Waals surface area contributed by atoms with Crippen LogP contribution in [-0.2, 0) is 9.16 Å². The van der Waals surface area contributed by atoms with Crippen LogP contribution in [0.15, 0.2) is 0 Å². The van der Waals surface area contributed by atoms with Gasteiger partial charge in [0, 0.05) is 24.9 Å². The molecule has 6 heteroatoms. The Labute approximate surface area is 134 Å². The summed E-state index contributed by atoms with van der Waals surface area (Å²) in [5.74, 6) is 0. The van der Waals surface area contributed by atoms with E-state index in [1.54, 1.807) is 0 Å². The van der Waals surface area contributed by atoms with Crippen LogP contribution in [0.4, 0.5) is 4.79 Å². The predicted molar refractivity (Wildman–Crippen MR) is 86.9 cm³/mol. The molecule has 0 spiro atoms. The highest BCUT2D eigenvalue weighted by Crippen LogP contribution is 2.44. The Balaban J connectivity index is 2.15. The minimum Gasteiger partial charge on any atom is -0.444 e. The fraction of sp³-hybridized carbons (Fsp3) is 0.875. The summed E-state index contributed by atoms with van der Waals surface area (Å²) in [5.41, 5.74) is -1.22. The molecule has 0 saturated carbocycles. The third-order valence-electron chi connectivity index (χ3n) is 4.06. The number of ether oxygens (including phenoxy) is 1. The molecule has 2 fully saturated rings. The summed E-state index contributed by atoms with van der Waals surface area (Å²) < 4.78 is 11.8. The maximum atomic E-state index is 12.4. The SMILES string of the molecule is CC(C)(C)OC(=O)N1C2CCC1CC(C#N)(O[Si](C)(C)C)C2. The van der Waals surface area contributed by atoms with Crippen molar-refractivity contribution >= 4 is 14.4 Å². The van der Waals surface area contributed by atoms with E-state index in [1.165, 1.54) is 0 Å². The zero-order chi connectivity index (χ0) is 16.8. The van der Waals surface area contributed by atoms with Gasteiger partial charge in [0.2, 0.25) is 0 Å². The lowest BCUT2D eigenvalue weighted by atomic mass is 9.87. The van der Waals surface area contributed by atoms with Crippen molar-refractivity contribution < 1.29 is 14.0 Å². The van der Waals surface area contributed by atoms with Crippen LogP contribution in [0.3, 0.4) is 0 Å². The molecule has 0 aromatic rings. The summed E-state index contributed by atoms with van der Waals surface area (Å²) in [6.07, 6.45) is 2.82. The normalized spacial score (nSPS) is 31.8. The minimum absolute atomic E-state index is 0.0598. The molecule has 0 aliphatic carbocycles. The van der Waals surface area contributed by atoms with Crippen LogP contribution in [0.1, 0.15) is 46.5 Å². The number of fused-ring (bicyclic) bond motifs is 2. The smallest absolute Gasteiger partial charge is 0.410 e. The molecule has 2 atom stereocenters. The first-order chi connectivity index (χ1) is 9.95. The van der Waals surface area contributed by atoms with Gasteiger partial charge in [-0.25, -0.2) is 4.79 Å². The second kappa shape index (κ2) is 5.54. The van der Waals surface area contributed by atoms with Crippen LogP contribution in [0, 0.1) is 11.3 Å². The Hall–Kier alpha value is -1.06.